The fraction of sp³-hybridized carbons (Fsp3) is 0.462. The van der Waals surface area contributed by atoms with Crippen LogP contribution < -0.4 is 5.32 Å². The van der Waals surface area contributed by atoms with Crippen molar-refractivity contribution in [1.82, 2.24) is 5.32 Å². The molecule has 0 bridgehead atoms. The van der Waals surface area contributed by atoms with Gasteiger partial charge >= 0.3 is 5.97 Å². The summed E-state index contributed by atoms with van der Waals surface area (Å²) in [7, 11) is 1.40. The molecule has 1 heterocycles. The molecule has 1 aliphatic rings. The van der Waals surface area contributed by atoms with Crippen LogP contribution in [0.1, 0.15) is 5.56 Å². The highest BCUT2D eigenvalue weighted by atomic mass is 35.5. The van der Waals surface area contributed by atoms with Gasteiger partial charge in [-0.25, -0.2) is 0 Å². The SMILES string of the molecule is COC(=O)C1(CNCc2ccc(Cl)cc2)COC1. The summed E-state index contributed by atoms with van der Waals surface area (Å²) in [6.45, 7) is 2.10. The molecule has 0 saturated carbocycles. The highest BCUT2D eigenvalue weighted by molar-refractivity contribution is 6.30. The third kappa shape index (κ3) is 2.83. The van der Waals surface area contributed by atoms with E-state index >= 15 is 0 Å². The molecule has 18 heavy (non-hydrogen) atoms. The molecule has 1 aromatic rings. The van der Waals surface area contributed by atoms with E-state index in [2.05, 4.69) is 5.32 Å². The van der Waals surface area contributed by atoms with Crippen molar-refractivity contribution < 1.29 is 14.3 Å². The molecule has 1 saturated heterocycles. The summed E-state index contributed by atoms with van der Waals surface area (Å²) in [6, 6.07) is 7.61. The molecule has 1 fully saturated rings. The maximum absolute atomic E-state index is 11.6. The van der Waals surface area contributed by atoms with E-state index in [1.165, 1.54) is 7.11 Å². The second kappa shape index (κ2) is 5.69. The molecule has 0 aliphatic carbocycles. The zero-order valence-electron chi connectivity index (χ0n) is 10.2. The van der Waals surface area contributed by atoms with Crippen molar-refractivity contribution in [2.75, 3.05) is 26.9 Å². The van der Waals surface area contributed by atoms with Gasteiger partial charge in [-0.2, -0.15) is 0 Å². The smallest absolute Gasteiger partial charge is 0.317 e. The van der Waals surface area contributed by atoms with Crippen LogP contribution in [0.15, 0.2) is 24.3 Å². The molecule has 0 amide bonds. The van der Waals surface area contributed by atoms with Gasteiger partial charge in [0.2, 0.25) is 0 Å². The van der Waals surface area contributed by atoms with Crippen molar-refractivity contribution >= 4 is 17.6 Å². The first-order chi connectivity index (χ1) is 8.66. The van der Waals surface area contributed by atoms with Crippen molar-refractivity contribution in [3.8, 4) is 0 Å². The number of hydrogen-bond acceptors (Lipinski definition) is 4. The van der Waals surface area contributed by atoms with Gasteiger partial charge in [-0.05, 0) is 17.7 Å². The van der Waals surface area contributed by atoms with Crippen LogP contribution >= 0.6 is 11.6 Å². The van der Waals surface area contributed by atoms with E-state index in [-0.39, 0.29) is 5.97 Å². The molecule has 2 rings (SSSR count). The van der Waals surface area contributed by atoms with E-state index in [1.807, 2.05) is 24.3 Å². The molecule has 0 unspecified atom stereocenters. The minimum Gasteiger partial charge on any atom is -0.468 e. The third-order valence-electron chi connectivity index (χ3n) is 3.08. The monoisotopic (exact) mass is 269 g/mol. The molecule has 0 atom stereocenters. The molecule has 0 spiro atoms. The summed E-state index contributed by atoms with van der Waals surface area (Å²) < 4.78 is 9.92. The first-order valence-electron chi connectivity index (χ1n) is 5.78. The standard InChI is InChI=1S/C13H16ClNO3/c1-17-12(16)13(8-18-9-13)7-15-6-10-2-4-11(14)5-3-10/h2-5,15H,6-9H2,1H3. The second-order valence-electron chi connectivity index (χ2n) is 4.49. The van der Waals surface area contributed by atoms with Gasteiger partial charge < -0.3 is 14.8 Å². The Balaban J connectivity index is 1.84. The topological polar surface area (TPSA) is 47.6 Å². The summed E-state index contributed by atoms with van der Waals surface area (Å²) in [5.41, 5.74) is 0.612. The van der Waals surface area contributed by atoms with Crippen LogP contribution in [0.3, 0.4) is 0 Å². The average molecular weight is 270 g/mol. The molecular weight excluding hydrogens is 254 g/mol. The molecule has 0 aromatic heterocycles. The minimum absolute atomic E-state index is 0.211. The highest BCUT2D eigenvalue weighted by Gasteiger charge is 2.46. The van der Waals surface area contributed by atoms with Crippen molar-refractivity contribution in [2.24, 2.45) is 5.41 Å². The fourth-order valence-electron chi connectivity index (χ4n) is 1.91. The van der Waals surface area contributed by atoms with Crippen LogP contribution in [-0.2, 0) is 20.8 Å². The third-order valence-corrected chi connectivity index (χ3v) is 3.33. The number of carbonyl (C=O) groups is 1. The van der Waals surface area contributed by atoms with Gasteiger partial charge in [0.25, 0.3) is 0 Å². The van der Waals surface area contributed by atoms with Crippen LogP contribution in [0, 0.1) is 5.41 Å². The number of carbonyl (C=O) groups excluding carboxylic acids is 1. The zero-order chi connectivity index (χ0) is 13.0. The lowest BCUT2D eigenvalue weighted by atomic mass is 9.86. The Morgan fingerprint density at radius 3 is 2.61 bits per heavy atom. The number of nitrogens with one attached hydrogen (secondary N) is 1. The predicted octanol–water partition coefficient (Wildman–Crippen LogP) is 1.62. The number of methoxy groups -OCH3 is 1. The van der Waals surface area contributed by atoms with E-state index in [0.717, 1.165) is 10.6 Å². The number of ether oxygens (including phenoxy) is 2. The lowest BCUT2D eigenvalue weighted by Crippen LogP contribution is -2.55. The van der Waals surface area contributed by atoms with Crippen LogP contribution in [0.2, 0.25) is 5.02 Å². The van der Waals surface area contributed by atoms with E-state index in [1.54, 1.807) is 0 Å². The van der Waals surface area contributed by atoms with Gasteiger partial charge in [-0.15, -0.1) is 0 Å². The quantitative estimate of drug-likeness (QED) is 0.826. The first kappa shape index (κ1) is 13.3. The van der Waals surface area contributed by atoms with Gasteiger partial charge in [-0.3, -0.25) is 4.79 Å². The van der Waals surface area contributed by atoms with Gasteiger partial charge in [0.1, 0.15) is 5.41 Å². The number of rotatable bonds is 5. The molecule has 98 valence electrons. The van der Waals surface area contributed by atoms with Gasteiger partial charge in [-0.1, -0.05) is 23.7 Å². The largest absolute Gasteiger partial charge is 0.468 e. The fourth-order valence-corrected chi connectivity index (χ4v) is 2.03. The Labute approximate surface area is 111 Å². The molecule has 1 aliphatic heterocycles. The van der Waals surface area contributed by atoms with E-state index in [4.69, 9.17) is 21.1 Å². The summed E-state index contributed by atoms with van der Waals surface area (Å²) in [5, 5.41) is 3.97. The lowest BCUT2D eigenvalue weighted by molar-refractivity contribution is -0.182. The van der Waals surface area contributed by atoms with Gasteiger partial charge in [0.05, 0.1) is 20.3 Å². The van der Waals surface area contributed by atoms with Crippen LogP contribution in [0.5, 0.6) is 0 Å². The number of benzene rings is 1. The van der Waals surface area contributed by atoms with Crippen molar-refractivity contribution in [1.29, 1.82) is 0 Å². The average Bonchev–Trinajstić information content (AvgIpc) is 2.34. The summed E-state index contributed by atoms with van der Waals surface area (Å²) in [4.78, 5) is 11.6. The van der Waals surface area contributed by atoms with E-state index < -0.39 is 5.41 Å². The van der Waals surface area contributed by atoms with Crippen molar-refractivity contribution in [3.63, 3.8) is 0 Å². The Morgan fingerprint density at radius 1 is 1.44 bits per heavy atom. The maximum atomic E-state index is 11.6. The maximum Gasteiger partial charge on any atom is 0.317 e. The number of esters is 1. The van der Waals surface area contributed by atoms with Crippen LogP contribution in [0.25, 0.3) is 0 Å². The molecule has 0 radical (unpaired) electrons. The molecule has 1 aromatic carbocycles. The molecule has 4 nitrogen and oxygen atoms in total. The Morgan fingerprint density at radius 2 is 2.11 bits per heavy atom. The van der Waals surface area contributed by atoms with E-state index in [0.29, 0.717) is 26.3 Å². The Hall–Kier alpha value is -1.10. The van der Waals surface area contributed by atoms with Crippen LogP contribution in [0.4, 0.5) is 0 Å². The number of halogens is 1. The molecular formula is C13H16ClNO3. The highest BCUT2D eigenvalue weighted by Crippen LogP contribution is 2.28. The molecule has 1 N–H and O–H groups in total. The predicted molar refractivity (Wildman–Crippen MR) is 68.4 cm³/mol. The number of hydrogen-bond donors (Lipinski definition) is 1. The minimum atomic E-state index is -0.513. The van der Waals surface area contributed by atoms with Gasteiger partial charge in [0.15, 0.2) is 0 Å². The normalized spacial score (nSPS) is 17.0. The lowest BCUT2D eigenvalue weighted by Gasteiger charge is -2.38. The van der Waals surface area contributed by atoms with Crippen molar-refractivity contribution in [3.05, 3.63) is 34.9 Å². The Bertz CT molecular complexity index is 415. The molecule has 5 heteroatoms. The van der Waals surface area contributed by atoms with Crippen molar-refractivity contribution in [2.45, 2.75) is 6.54 Å². The van der Waals surface area contributed by atoms with E-state index in [9.17, 15) is 4.79 Å². The van der Waals surface area contributed by atoms with Crippen LogP contribution in [-0.4, -0.2) is 32.8 Å². The van der Waals surface area contributed by atoms with Gasteiger partial charge in [0, 0.05) is 18.1 Å². The zero-order valence-corrected chi connectivity index (χ0v) is 11.0. The first-order valence-corrected chi connectivity index (χ1v) is 6.15. The summed E-state index contributed by atoms with van der Waals surface area (Å²) in [6.07, 6.45) is 0. The summed E-state index contributed by atoms with van der Waals surface area (Å²) >= 11 is 5.81. The second-order valence-corrected chi connectivity index (χ2v) is 4.93. The Kier molecular flexibility index (Phi) is 4.22. The summed E-state index contributed by atoms with van der Waals surface area (Å²) in [5.74, 6) is -0.211.